The molecule has 136 valence electrons. The number of amides is 1. The van der Waals surface area contributed by atoms with Gasteiger partial charge in [-0.3, -0.25) is 4.79 Å². The molecule has 0 aliphatic carbocycles. The predicted octanol–water partition coefficient (Wildman–Crippen LogP) is 6.40. The minimum absolute atomic E-state index is 0.110. The van der Waals surface area contributed by atoms with Gasteiger partial charge in [0.25, 0.3) is 5.91 Å². The van der Waals surface area contributed by atoms with Crippen molar-refractivity contribution in [1.29, 1.82) is 0 Å². The van der Waals surface area contributed by atoms with Gasteiger partial charge in [0.2, 0.25) is 0 Å². The van der Waals surface area contributed by atoms with E-state index in [4.69, 9.17) is 0 Å². The van der Waals surface area contributed by atoms with Crippen LogP contribution in [-0.4, -0.2) is 12.5 Å². The summed E-state index contributed by atoms with van der Waals surface area (Å²) in [7, 11) is 0. The first-order valence-electron chi connectivity index (χ1n) is 8.87. The molecule has 0 fully saturated rings. The zero-order valence-electron chi connectivity index (χ0n) is 15.5. The van der Waals surface area contributed by atoms with Gasteiger partial charge in [0, 0.05) is 22.2 Å². The van der Waals surface area contributed by atoms with Crippen molar-refractivity contribution in [3.05, 3.63) is 70.7 Å². The Balaban J connectivity index is 2.46. The Morgan fingerprint density at radius 3 is 2.46 bits per heavy atom. The van der Waals surface area contributed by atoms with E-state index in [-0.39, 0.29) is 5.91 Å². The third-order valence-electron chi connectivity index (χ3n) is 3.93. The smallest absolute Gasteiger partial charge is 0.255 e. The average molecular weight is 413 g/mol. The van der Waals surface area contributed by atoms with Crippen LogP contribution in [0.4, 0.5) is 11.4 Å². The van der Waals surface area contributed by atoms with Crippen molar-refractivity contribution >= 4 is 33.2 Å². The van der Waals surface area contributed by atoms with Crippen LogP contribution in [0, 0.1) is 0 Å². The summed E-state index contributed by atoms with van der Waals surface area (Å²) in [6.45, 7) is 6.74. The second kappa shape index (κ2) is 9.97. The summed E-state index contributed by atoms with van der Waals surface area (Å²) < 4.78 is 1.02. The molecule has 2 aromatic rings. The molecular formula is C22H25BrN2O. The molecule has 2 aromatic carbocycles. The highest BCUT2D eigenvalue weighted by atomic mass is 79.9. The van der Waals surface area contributed by atoms with E-state index in [9.17, 15) is 4.79 Å². The van der Waals surface area contributed by atoms with E-state index in [0.717, 1.165) is 39.9 Å². The van der Waals surface area contributed by atoms with Crippen molar-refractivity contribution in [2.24, 2.45) is 0 Å². The number of halogens is 1. The zero-order valence-corrected chi connectivity index (χ0v) is 17.1. The van der Waals surface area contributed by atoms with E-state index in [1.807, 2.05) is 81.5 Å². The maximum Gasteiger partial charge on any atom is 0.255 e. The van der Waals surface area contributed by atoms with Crippen molar-refractivity contribution in [1.82, 2.24) is 0 Å². The maximum absolute atomic E-state index is 12.8. The van der Waals surface area contributed by atoms with E-state index in [2.05, 4.69) is 26.6 Å². The van der Waals surface area contributed by atoms with Crippen LogP contribution in [0.3, 0.4) is 0 Å². The van der Waals surface area contributed by atoms with Gasteiger partial charge in [-0.05, 0) is 44.0 Å². The van der Waals surface area contributed by atoms with Crippen molar-refractivity contribution in [2.45, 2.75) is 27.2 Å². The van der Waals surface area contributed by atoms with E-state index in [1.54, 1.807) is 0 Å². The Hall–Kier alpha value is -2.33. The minimum Gasteiger partial charge on any atom is -0.384 e. The number of anilines is 2. The molecule has 2 N–H and O–H groups in total. The summed E-state index contributed by atoms with van der Waals surface area (Å²) in [5, 5.41) is 6.45. The molecule has 0 aliphatic heterocycles. The van der Waals surface area contributed by atoms with Crippen LogP contribution < -0.4 is 10.6 Å². The third-order valence-corrected chi connectivity index (χ3v) is 4.46. The molecule has 2 rings (SSSR count). The van der Waals surface area contributed by atoms with E-state index in [0.29, 0.717) is 5.57 Å². The molecule has 0 saturated carbocycles. The molecule has 0 heterocycles. The highest BCUT2D eigenvalue weighted by Crippen LogP contribution is 2.35. The standard InChI is InChI=1S/C22H25BrN2O/c1-4-7-9-16(5-2)22(26)25-21-19(10-8-11-20(21)24-6-3)17-12-14-18(23)15-13-17/h5,7-15,24H,4,6H2,1-3H3,(H,25,26)/b9-7-,16-5+. The van der Waals surface area contributed by atoms with Crippen LogP contribution >= 0.6 is 15.9 Å². The lowest BCUT2D eigenvalue weighted by Gasteiger charge is -2.17. The SMILES string of the molecule is C/C=C(\C=C/CC)C(=O)Nc1c(NCC)cccc1-c1ccc(Br)cc1. The van der Waals surface area contributed by atoms with Gasteiger partial charge in [0.15, 0.2) is 0 Å². The molecule has 4 heteroatoms. The Labute approximate surface area is 164 Å². The summed E-state index contributed by atoms with van der Waals surface area (Å²) in [4.78, 5) is 12.8. The first-order chi connectivity index (χ1) is 12.6. The van der Waals surface area contributed by atoms with E-state index in [1.165, 1.54) is 0 Å². The van der Waals surface area contributed by atoms with Gasteiger partial charge in [0.1, 0.15) is 0 Å². The first kappa shape index (κ1) is 20.0. The van der Waals surface area contributed by atoms with Crippen molar-refractivity contribution in [3.63, 3.8) is 0 Å². The van der Waals surface area contributed by atoms with Gasteiger partial charge in [-0.25, -0.2) is 0 Å². The lowest BCUT2D eigenvalue weighted by atomic mass is 10.0. The second-order valence-electron chi connectivity index (χ2n) is 5.77. The highest BCUT2D eigenvalue weighted by molar-refractivity contribution is 9.10. The van der Waals surface area contributed by atoms with Crippen molar-refractivity contribution in [3.8, 4) is 11.1 Å². The first-order valence-corrected chi connectivity index (χ1v) is 9.67. The number of rotatable bonds is 7. The largest absolute Gasteiger partial charge is 0.384 e. The van der Waals surface area contributed by atoms with Crippen LogP contribution in [0.25, 0.3) is 11.1 Å². The van der Waals surface area contributed by atoms with Gasteiger partial charge >= 0.3 is 0 Å². The monoisotopic (exact) mass is 412 g/mol. The Morgan fingerprint density at radius 2 is 1.85 bits per heavy atom. The van der Waals surface area contributed by atoms with Gasteiger partial charge < -0.3 is 10.6 Å². The number of allylic oxidation sites excluding steroid dienone is 2. The number of hydrogen-bond acceptors (Lipinski definition) is 2. The zero-order chi connectivity index (χ0) is 18.9. The van der Waals surface area contributed by atoms with Crippen molar-refractivity contribution < 1.29 is 4.79 Å². The fraction of sp³-hybridized carbons (Fsp3) is 0.227. The molecule has 0 unspecified atom stereocenters. The number of nitrogens with one attached hydrogen (secondary N) is 2. The fourth-order valence-electron chi connectivity index (χ4n) is 2.63. The van der Waals surface area contributed by atoms with Crippen LogP contribution in [0.1, 0.15) is 27.2 Å². The highest BCUT2D eigenvalue weighted by Gasteiger charge is 2.14. The normalized spacial score (nSPS) is 11.6. The van der Waals surface area contributed by atoms with Gasteiger partial charge in [-0.1, -0.05) is 65.3 Å². The molecule has 3 nitrogen and oxygen atoms in total. The lowest BCUT2D eigenvalue weighted by molar-refractivity contribution is -0.112. The van der Waals surface area contributed by atoms with Crippen LogP contribution in [0.15, 0.2) is 70.7 Å². The number of para-hydroxylation sites is 1. The fourth-order valence-corrected chi connectivity index (χ4v) is 2.89. The second-order valence-corrected chi connectivity index (χ2v) is 6.69. The number of benzene rings is 2. The van der Waals surface area contributed by atoms with E-state index >= 15 is 0 Å². The predicted molar refractivity (Wildman–Crippen MR) is 116 cm³/mol. The molecule has 0 aromatic heterocycles. The maximum atomic E-state index is 12.8. The van der Waals surface area contributed by atoms with Gasteiger partial charge in [0.05, 0.1) is 11.4 Å². The molecule has 1 amide bonds. The quantitative estimate of drug-likeness (QED) is 0.407. The topological polar surface area (TPSA) is 41.1 Å². The average Bonchev–Trinajstić information content (AvgIpc) is 2.64. The molecule has 0 bridgehead atoms. The summed E-state index contributed by atoms with van der Waals surface area (Å²) in [5.41, 5.74) is 4.40. The third kappa shape index (κ3) is 5.09. The molecular weight excluding hydrogens is 388 g/mol. The Kier molecular flexibility index (Phi) is 7.67. The summed E-state index contributed by atoms with van der Waals surface area (Å²) in [6.07, 6.45) is 6.57. The minimum atomic E-state index is -0.110. The van der Waals surface area contributed by atoms with Gasteiger partial charge in [-0.15, -0.1) is 0 Å². The number of carbonyl (C=O) groups is 1. The van der Waals surface area contributed by atoms with Crippen LogP contribution in [0.2, 0.25) is 0 Å². The molecule has 0 atom stereocenters. The summed E-state index contributed by atoms with van der Waals surface area (Å²) >= 11 is 3.47. The van der Waals surface area contributed by atoms with E-state index < -0.39 is 0 Å². The Morgan fingerprint density at radius 1 is 1.12 bits per heavy atom. The summed E-state index contributed by atoms with van der Waals surface area (Å²) in [6, 6.07) is 14.1. The number of carbonyl (C=O) groups excluding carboxylic acids is 1. The molecule has 0 radical (unpaired) electrons. The van der Waals surface area contributed by atoms with Gasteiger partial charge in [-0.2, -0.15) is 0 Å². The van der Waals surface area contributed by atoms with Crippen LogP contribution in [-0.2, 0) is 4.79 Å². The number of hydrogen-bond donors (Lipinski definition) is 2. The lowest BCUT2D eigenvalue weighted by Crippen LogP contribution is -2.15. The van der Waals surface area contributed by atoms with Crippen molar-refractivity contribution in [2.75, 3.05) is 17.2 Å². The molecule has 0 spiro atoms. The molecule has 26 heavy (non-hydrogen) atoms. The van der Waals surface area contributed by atoms with Crippen LogP contribution in [0.5, 0.6) is 0 Å². The molecule has 0 saturated heterocycles. The summed E-state index contributed by atoms with van der Waals surface area (Å²) in [5.74, 6) is -0.110. The molecule has 0 aliphatic rings. The Bertz CT molecular complexity index is 807.